The van der Waals surface area contributed by atoms with Crippen molar-refractivity contribution in [2.45, 2.75) is 27.2 Å². The first-order valence-corrected chi connectivity index (χ1v) is 5.71. The molecule has 0 atom stereocenters. The zero-order chi connectivity index (χ0) is 11.5. The predicted octanol–water partition coefficient (Wildman–Crippen LogP) is 3.81. The fourth-order valence-electron chi connectivity index (χ4n) is 1.61. The van der Waals surface area contributed by atoms with Gasteiger partial charge in [0.05, 0.1) is 7.11 Å². The lowest BCUT2D eigenvalue weighted by Gasteiger charge is -2.22. The van der Waals surface area contributed by atoms with E-state index in [2.05, 4.69) is 32.9 Å². The van der Waals surface area contributed by atoms with E-state index in [0.29, 0.717) is 5.88 Å². The second-order valence-electron chi connectivity index (χ2n) is 4.79. The number of benzene rings is 1. The Hall–Kier alpha value is -0.690. The predicted molar refractivity (Wildman–Crippen MR) is 65.9 cm³/mol. The quantitative estimate of drug-likeness (QED) is 0.710. The number of methoxy groups -OCH3 is 1. The highest BCUT2D eigenvalue weighted by molar-refractivity contribution is 6.18. The van der Waals surface area contributed by atoms with Gasteiger partial charge in [-0.15, -0.1) is 11.6 Å². The zero-order valence-electron chi connectivity index (χ0n) is 9.93. The Morgan fingerprint density at radius 3 is 2.53 bits per heavy atom. The van der Waals surface area contributed by atoms with Gasteiger partial charge in [0.25, 0.3) is 0 Å². The van der Waals surface area contributed by atoms with Gasteiger partial charge in [-0.1, -0.05) is 31.5 Å². The molecule has 0 saturated carbocycles. The van der Waals surface area contributed by atoms with Gasteiger partial charge in [-0.05, 0) is 30.4 Å². The van der Waals surface area contributed by atoms with Crippen molar-refractivity contribution in [3.05, 3.63) is 29.3 Å². The van der Waals surface area contributed by atoms with E-state index in [4.69, 9.17) is 16.3 Å². The van der Waals surface area contributed by atoms with Gasteiger partial charge < -0.3 is 4.74 Å². The van der Waals surface area contributed by atoms with Gasteiger partial charge in [-0.25, -0.2) is 0 Å². The van der Waals surface area contributed by atoms with Gasteiger partial charge in [0, 0.05) is 5.88 Å². The topological polar surface area (TPSA) is 9.23 Å². The molecule has 0 unspecified atom stereocenters. The summed E-state index contributed by atoms with van der Waals surface area (Å²) in [5.41, 5.74) is 2.61. The SMILES string of the molecule is COc1ccc(C)cc1CC(C)(C)CCl. The summed E-state index contributed by atoms with van der Waals surface area (Å²) >= 11 is 5.94. The summed E-state index contributed by atoms with van der Waals surface area (Å²) in [6, 6.07) is 6.26. The molecule has 0 N–H and O–H groups in total. The van der Waals surface area contributed by atoms with E-state index in [-0.39, 0.29) is 5.41 Å². The number of aryl methyl sites for hydroxylation is 1. The lowest BCUT2D eigenvalue weighted by atomic mass is 9.87. The molecule has 0 heterocycles. The minimum atomic E-state index is 0.114. The summed E-state index contributed by atoms with van der Waals surface area (Å²) in [6.45, 7) is 6.43. The molecule has 0 aromatic heterocycles. The minimum Gasteiger partial charge on any atom is -0.496 e. The highest BCUT2D eigenvalue weighted by atomic mass is 35.5. The molecule has 0 aliphatic carbocycles. The molecule has 84 valence electrons. The van der Waals surface area contributed by atoms with Gasteiger partial charge in [0.1, 0.15) is 5.75 Å². The van der Waals surface area contributed by atoms with Crippen LogP contribution in [0.5, 0.6) is 5.75 Å². The van der Waals surface area contributed by atoms with Crippen molar-refractivity contribution >= 4 is 11.6 Å². The van der Waals surface area contributed by atoms with Crippen LogP contribution in [0.25, 0.3) is 0 Å². The van der Waals surface area contributed by atoms with Crippen molar-refractivity contribution in [2.24, 2.45) is 5.41 Å². The molecule has 0 aliphatic rings. The molecule has 1 rings (SSSR count). The lowest BCUT2D eigenvalue weighted by molar-refractivity contribution is 0.382. The highest BCUT2D eigenvalue weighted by Crippen LogP contribution is 2.29. The summed E-state index contributed by atoms with van der Waals surface area (Å²) in [6.07, 6.45) is 0.946. The van der Waals surface area contributed by atoms with Crippen molar-refractivity contribution in [3.63, 3.8) is 0 Å². The Balaban J connectivity index is 2.97. The first-order chi connectivity index (χ1) is 6.98. The molecule has 1 nitrogen and oxygen atoms in total. The molecule has 0 bridgehead atoms. The first kappa shape index (κ1) is 12.4. The maximum absolute atomic E-state index is 5.94. The van der Waals surface area contributed by atoms with Crippen LogP contribution in [0.4, 0.5) is 0 Å². The molecule has 0 spiro atoms. The van der Waals surface area contributed by atoms with Gasteiger partial charge >= 0.3 is 0 Å². The van der Waals surface area contributed by atoms with Gasteiger partial charge in [-0.3, -0.25) is 0 Å². The van der Waals surface area contributed by atoms with E-state index < -0.39 is 0 Å². The van der Waals surface area contributed by atoms with Crippen LogP contribution in [-0.4, -0.2) is 13.0 Å². The van der Waals surface area contributed by atoms with E-state index in [1.54, 1.807) is 7.11 Å². The van der Waals surface area contributed by atoms with Crippen LogP contribution in [0, 0.1) is 12.3 Å². The molecular formula is C13H19ClO. The average Bonchev–Trinajstić information content (AvgIpc) is 2.18. The van der Waals surface area contributed by atoms with Crippen LogP contribution in [0.3, 0.4) is 0 Å². The first-order valence-electron chi connectivity index (χ1n) is 5.18. The maximum atomic E-state index is 5.94. The van der Waals surface area contributed by atoms with Crippen LogP contribution in [0.1, 0.15) is 25.0 Å². The lowest BCUT2D eigenvalue weighted by Crippen LogP contribution is -2.17. The van der Waals surface area contributed by atoms with Crippen LogP contribution < -0.4 is 4.74 Å². The van der Waals surface area contributed by atoms with Crippen LogP contribution in [0.15, 0.2) is 18.2 Å². The van der Waals surface area contributed by atoms with E-state index in [1.165, 1.54) is 11.1 Å². The normalized spacial score (nSPS) is 11.5. The molecule has 2 heteroatoms. The Kier molecular flexibility index (Phi) is 4.04. The summed E-state index contributed by atoms with van der Waals surface area (Å²) in [7, 11) is 1.71. The summed E-state index contributed by atoms with van der Waals surface area (Å²) in [4.78, 5) is 0. The van der Waals surface area contributed by atoms with Crippen LogP contribution in [-0.2, 0) is 6.42 Å². The molecule has 0 radical (unpaired) electrons. The minimum absolute atomic E-state index is 0.114. The summed E-state index contributed by atoms with van der Waals surface area (Å²) < 4.78 is 5.35. The van der Waals surface area contributed by atoms with Gasteiger partial charge in [-0.2, -0.15) is 0 Å². The van der Waals surface area contributed by atoms with Crippen molar-refractivity contribution < 1.29 is 4.74 Å². The van der Waals surface area contributed by atoms with Crippen molar-refractivity contribution in [1.82, 2.24) is 0 Å². The van der Waals surface area contributed by atoms with Crippen LogP contribution >= 0.6 is 11.6 Å². The Labute approximate surface area is 97.4 Å². The van der Waals surface area contributed by atoms with E-state index in [9.17, 15) is 0 Å². The fourth-order valence-corrected chi connectivity index (χ4v) is 1.70. The smallest absolute Gasteiger partial charge is 0.122 e. The van der Waals surface area contributed by atoms with Crippen molar-refractivity contribution in [2.75, 3.05) is 13.0 Å². The van der Waals surface area contributed by atoms with Crippen LogP contribution in [0.2, 0.25) is 0 Å². The molecule has 1 aromatic rings. The maximum Gasteiger partial charge on any atom is 0.122 e. The number of alkyl halides is 1. The molecule has 0 fully saturated rings. The average molecular weight is 227 g/mol. The number of hydrogen-bond acceptors (Lipinski definition) is 1. The second-order valence-corrected chi connectivity index (χ2v) is 5.06. The Morgan fingerprint density at radius 1 is 1.33 bits per heavy atom. The summed E-state index contributed by atoms with van der Waals surface area (Å²) in [5, 5.41) is 0. The van der Waals surface area contributed by atoms with E-state index in [1.807, 2.05) is 6.07 Å². The number of ether oxygens (including phenoxy) is 1. The number of rotatable bonds is 4. The number of hydrogen-bond donors (Lipinski definition) is 0. The second kappa shape index (κ2) is 4.89. The molecular weight excluding hydrogens is 208 g/mol. The highest BCUT2D eigenvalue weighted by Gasteiger charge is 2.19. The third kappa shape index (κ3) is 3.42. The van der Waals surface area contributed by atoms with Crippen molar-refractivity contribution in [1.29, 1.82) is 0 Å². The zero-order valence-corrected chi connectivity index (χ0v) is 10.7. The Morgan fingerprint density at radius 2 is 2.00 bits per heavy atom. The molecule has 0 amide bonds. The number of halogens is 1. The molecule has 0 saturated heterocycles. The molecule has 1 aromatic carbocycles. The largest absolute Gasteiger partial charge is 0.496 e. The van der Waals surface area contributed by atoms with E-state index in [0.717, 1.165) is 12.2 Å². The molecule has 15 heavy (non-hydrogen) atoms. The van der Waals surface area contributed by atoms with Gasteiger partial charge in [0.2, 0.25) is 0 Å². The van der Waals surface area contributed by atoms with E-state index >= 15 is 0 Å². The summed E-state index contributed by atoms with van der Waals surface area (Å²) in [5.74, 6) is 1.61. The third-order valence-corrected chi connectivity index (χ3v) is 3.19. The third-order valence-electron chi connectivity index (χ3n) is 2.47. The fraction of sp³-hybridized carbons (Fsp3) is 0.538. The van der Waals surface area contributed by atoms with Crippen molar-refractivity contribution in [3.8, 4) is 5.75 Å². The van der Waals surface area contributed by atoms with Gasteiger partial charge in [0.15, 0.2) is 0 Å². The monoisotopic (exact) mass is 226 g/mol. The Bertz CT molecular complexity index is 331. The standard InChI is InChI=1S/C13H19ClO/c1-10-5-6-12(15-4)11(7-10)8-13(2,3)9-14/h5-7H,8-9H2,1-4H3. The molecule has 0 aliphatic heterocycles.